The van der Waals surface area contributed by atoms with Crippen molar-refractivity contribution in [2.45, 2.75) is 32.7 Å². The number of carbonyl (C=O) groups is 3. The van der Waals surface area contributed by atoms with Crippen LogP contribution in [0.5, 0.6) is 0 Å². The Hall–Kier alpha value is -2.66. The smallest absolute Gasteiger partial charge is 0.261 e. The lowest BCUT2D eigenvalue weighted by Gasteiger charge is -2.41. The van der Waals surface area contributed by atoms with Crippen LogP contribution in [0.3, 0.4) is 0 Å². The van der Waals surface area contributed by atoms with Crippen molar-refractivity contribution in [2.75, 3.05) is 13.1 Å². The van der Waals surface area contributed by atoms with E-state index in [0.717, 1.165) is 18.4 Å². The number of benzene rings is 2. The molecule has 1 fully saturated rings. The molecule has 3 amide bonds. The van der Waals surface area contributed by atoms with E-state index in [-0.39, 0.29) is 36.2 Å². The number of halogens is 1. The Morgan fingerprint density at radius 3 is 2.41 bits per heavy atom. The van der Waals surface area contributed by atoms with E-state index >= 15 is 0 Å². The Balaban J connectivity index is 1.63. The largest absolute Gasteiger partial charge is 0.334 e. The second kappa shape index (κ2) is 7.64. The van der Waals surface area contributed by atoms with Gasteiger partial charge in [-0.3, -0.25) is 19.3 Å². The third-order valence-electron chi connectivity index (χ3n) is 6.05. The highest BCUT2D eigenvalue weighted by molar-refractivity contribution is 6.31. The van der Waals surface area contributed by atoms with Crippen molar-refractivity contribution in [3.63, 3.8) is 0 Å². The molecule has 5 nitrogen and oxygen atoms in total. The van der Waals surface area contributed by atoms with Crippen molar-refractivity contribution < 1.29 is 14.4 Å². The normalized spacial score (nSPS) is 21.5. The number of imide groups is 1. The zero-order valence-electron chi connectivity index (χ0n) is 16.5. The molecule has 0 radical (unpaired) electrons. The van der Waals surface area contributed by atoms with Crippen molar-refractivity contribution in [3.05, 3.63) is 69.7 Å². The van der Waals surface area contributed by atoms with Gasteiger partial charge in [-0.2, -0.15) is 0 Å². The van der Waals surface area contributed by atoms with Gasteiger partial charge in [0.25, 0.3) is 17.7 Å². The van der Waals surface area contributed by atoms with Gasteiger partial charge in [-0.15, -0.1) is 0 Å². The minimum Gasteiger partial charge on any atom is -0.334 e. The summed E-state index contributed by atoms with van der Waals surface area (Å²) in [5, 5.41) is 0.515. The van der Waals surface area contributed by atoms with Crippen molar-refractivity contribution in [1.82, 2.24) is 9.80 Å². The fraction of sp³-hybridized carbons (Fsp3) is 0.348. The fourth-order valence-corrected chi connectivity index (χ4v) is 4.52. The molecule has 2 aromatic carbocycles. The first-order valence-corrected chi connectivity index (χ1v) is 10.3. The van der Waals surface area contributed by atoms with Crippen LogP contribution in [-0.2, 0) is 0 Å². The Labute approximate surface area is 175 Å². The van der Waals surface area contributed by atoms with Crippen LogP contribution >= 0.6 is 11.6 Å². The fourth-order valence-electron chi connectivity index (χ4n) is 4.35. The molecule has 2 heterocycles. The number of hydrogen-bond donors (Lipinski definition) is 0. The first-order chi connectivity index (χ1) is 13.9. The summed E-state index contributed by atoms with van der Waals surface area (Å²) in [6.45, 7) is 4.77. The lowest BCUT2D eigenvalue weighted by atomic mass is 9.89. The Morgan fingerprint density at radius 1 is 1.10 bits per heavy atom. The van der Waals surface area contributed by atoms with Crippen LogP contribution in [0.1, 0.15) is 56.4 Å². The third kappa shape index (κ3) is 3.44. The van der Waals surface area contributed by atoms with E-state index in [1.807, 2.05) is 17.9 Å². The summed E-state index contributed by atoms with van der Waals surface area (Å²) in [6.07, 6.45) is 1.84. The SMILES string of the molecule is Cc1ccc(Cl)cc1C(=O)N1CCC[C@@H](C)[C@H]1CN1C(=O)c2ccccc2C1=O. The predicted octanol–water partition coefficient (Wildman–Crippen LogP) is 4.19. The second-order valence-corrected chi connectivity index (χ2v) is 8.35. The number of nitrogens with zero attached hydrogens (tertiary/aromatic N) is 2. The van der Waals surface area contributed by atoms with Gasteiger partial charge in [0.15, 0.2) is 0 Å². The number of aryl methyl sites for hydroxylation is 1. The molecule has 0 unspecified atom stereocenters. The topological polar surface area (TPSA) is 57.7 Å². The zero-order chi connectivity index (χ0) is 20.7. The van der Waals surface area contributed by atoms with E-state index in [0.29, 0.717) is 28.3 Å². The van der Waals surface area contributed by atoms with Crippen molar-refractivity contribution in [3.8, 4) is 0 Å². The summed E-state index contributed by atoms with van der Waals surface area (Å²) in [5.74, 6) is -0.487. The molecule has 0 saturated carbocycles. The minimum absolute atomic E-state index is 0.0989. The Morgan fingerprint density at radius 2 is 1.76 bits per heavy atom. The van der Waals surface area contributed by atoms with Crippen LogP contribution in [0.25, 0.3) is 0 Å². The molecule has 29 heavy (non-hydrogen) atoms. The minimum atomic E-state index is -0.283. The quantitative estimate of drug-likeness (QED) is 0.713. The van der Waals surface area contributed by atoms with E-state index in [4.69, 9.17) is 11.6 Å². The van der Waals surface area contributed by atoms with Crippen LogP contribution < -0.4 is 0 Å². The van der Waals surface area contributed by atoms with Gasteiger partial charge in [0.2, 0.25) is 0 Å². The number of rotatable bonds is 3. The van der Waals surface area contributed by atoms with Gasteiger partial charge in [0.1, 0.15) is 0 Å². The highest BCUT2D eigenvalue weighted by Crippen LogP contribution is 2.30. The number of carbonyl (C=O) groups excluding carboxylic acids is 3. The maximum atomic E-state index is 13.4. The lowest BCUT2D eigenvalue weighted by Crippen LogP contribution is -2.54. The molecule has 6 heteroatoms. The molecule has 1 saturated heterocycles. The van der Waals surface area contributed by atoms with Gasteiger partial charge < -0.3 is 4.90 Å². The first kappa shape index (κ1) is 19.6. The summed E-state index contributed by atoms with van der Waals surface area (Å²) >= 11 is 6.12. The van der Waals surface area contributed by atoms with Crippen LogP contribution in [-0.4, -0.2) is 46.7 Å². The van der Waals surface area contributed by atoms with Crippen molar-refractivity contribution >= 4 is 29.3 Å². The monoisotopic (exact) mass is 410 g/mol. The summed E-state index contributed by atoms with van der Waals surface area (Å²) in [6, 6.07) is 11.9. The van der Waals surface area contributed by atoms with Gasteiger partial charge in [-0.25, -0.2) is 0 Å². The van der Waals surface area contributed by atoms with Gasteiger partial charge in [0.05, 0.1) is 23.7 Å². The van der Waals surface area contributed by atoms with E-state index in [1.165, 1.54) is 4.90 Å². The molecule has 2 aliphatic rings. The molecular formula is C23H23ClN2O3. The van der Waals surface area contributed by atoms with Crippen LogP contribution in [0.15, 0.2) is 42.5 Å². The molecular weight excluding hydrogens is 388 g/mol. The van der Waals surface area contributed by atoms with Gasteiger partial charge in [-0.05, 0) is 55.5 Å². The summed E-state index contributed by atoms with van der Waals surface area (Å²) in [5.41, 5.74) is 2.30. The number of hydrogen-bond acceptors (Lipinski definition) is 3. The highest BCUT2D eigenvalue weighted by Gasteiger charge is 2.41. The molecule has 150 valence electrons. The molecule has 0 N–H and O–H groups in total. The standard InChI is InChI=1S/C23H23ClN2O3/c1-14-9-10-16(24)12-19(14)23(29)25-11-5-6-15(2)20(25)13-26-21(27)17-7-3-4-8-18(17)22(26)28/h3-4,7-10,12,15,20H,5-6,11,13H2,1-2H3/t15-,20-/m1/s1. The molecule has 0 aliphatic carbocycles. The summed E-state index contributed by atoms with van der Waals surface area (Å²) in [4.78, 5) is 42.1. The molecule has 2 aromatic rings. The molecule has 4 rings (SSSR count). The first-order valence-electron chi connectivity index (χ1n) is 9.91. The average molecular weight is 411 g/mol. The molecule has 2 atom stereocenters. The third-order valence-corrected chi connectivity index (χ3v) is 6.29. The number of amides is 3. The lowest BCUT2D eigenvalue weighted by molar-refractivity contribution is 0.0368. The summed E-state index contributed by atoms with van der Waals surface area (Å²) < 4.78 is 0. The van der Waals surface area contributed by atoms with Gasteiger partial charge in [-0.1, -0.05) is 36.7 Å². The number of likely N-dealkylation sites (tertiary alicyclic amines) is 1. The Bertz CT molecular complexity index is 968. The molecule has 0 bridgehead atoms. The van der Waals surface area contributed by atoms with E-state index in [9.17, 15) is 14.4 Å². The Kier molecular flexibility index (Phi) is 5.17. The zero-order valence-corrected chi connectivity index (χ0v) is 17.3. The van der Waals surface area contributed by atoms with Crippen molar-refractivity contribution in [2.24, 2.45) is 5.92 Å². The molecule has 0 aromatic heterocycles. The molecule has 2 aliphatic heterocycles. The van der Waals surface area contributed by atoms with Crippen molar-refractivity contribution in [1.29, 1.82) is 0 Å². The average Bonchev–Trinajstić information content (AvgIpc) is 2.96. The second-order valence-electron chi connectivity index (χ2n) is 7.91. The van der Waals surface area contributed by atoms with Crippen LogP contribution in [0.4, 0.5) is 0 Å². The highest BCUT2D eigenvalue weighted by atomic mass is 35.5. The van der Waals surface area contributed by atoms with Crippen LogP contribution in [0.2, 0.25) is 5.02 Å². The van der Waals surface area contributed by atoms with Gasteiger partial charge >= 0.3 is 0 Å². The van der Waals surface area contributed by atoms with Gasteiger partial charge in [0, 0.05) is 17.1 Å². The van der Waals surface area contributed by atoms with Crippen LogP contribution in [0, 0.1) is 12.8 Å². The predicted molar refractivity (Wildman–Crippen MR) is 111 cm³/mol. The number of piperidine rings is 1. The van der Waals surface area contributed by atoms with E-state index in [2.05, 4.69) is 6.92 Å². The summed E-state index contributed by atoms with van der Waals surface area (Å²) in [7, 11) is 0. The maximum Gasteiger partial charge on any atom is 0.261 e. The van der Waals surface area contributed by atoms with E-state index < -0.39 is 0 Å². The van der Waals surface area contributed by atoms with E-state index in [1.54, 1.807) is 36.4 Å². The maximum absolute atomic E-state index is 13.4. The molecule has 0 spiro atoms. The number of fused-ring (bicyclic) bond motifs is 1.